The topological polar surface area (TPSA) is 91.3 Å². The molecule has 0 fully saturated rings. The van der Waals surface area contributed by atoms with Gasteiger partial charge in [-0.25, -0.2) is 14.6 Å². The zero-order chi connectivity index (χ0) is 18.5. The molecule has 3 aromatic rings. The molecule has 0 saturated carbocycles. The molecular weight excluding hydrogens is 334 g/mol. The van der Waals surface area contributed by atoms with Crippen LogP contribution in [0.25, 0.3) is 0 Å². The molecule has 130 valence electrons. The van der Waals surface area contributed by atoms with Crippen molar-refractivity contribution in [3.63, 3.8) is 0 Å². The average Bonchev–Trinajstić information content (AvgIpc) is 2.65. The first-order chi connectivity index (χ1) is 12.5. The fourth-order valence-electron chi connectivity index (χ4n) is 1.99. The van der Waals surface area contributed by atoms with E-state index >= 15 is 0 Å². The molecule has 0 bridgehead atoms. The number of hydrogen-bond donors (Lipinski definition) is 0. The van der Waals surface area contributed by atoms with E-state index in [0.717, 1.165) is 11.4 Å². The van der Waals surface area contributed by atoms with E-state index in [4.69, 9.17) is 9.47 Å². The van der Waals surface area contributed by atoms with Gasteiger partial charge in [0.25, 0.3) is 0 Å². The summed E-state index contributed by atoms with van der Waals surface area (Å²) in [6.07, 6.45) is 4.17. The van der Waals surface area contributed by atoms with Crippen molar-refractivity contribution in [2.24, 2.45) is 0 Å². The Balaban J connectivity index is 1.65. The van der Waals surface area contributed by atoms with Gasteiger partial charge in [-0.2, -0.15) is 0 Å². The molecule has 0 aliphatic rings. The molecule has 0 atom stereocenters. The van der Waals surface area contributed by atoms with Crippen LogP contribution in [0.3, 0.4) is 0 Å². The number of ether oxygens (including phenoxy) is 2. The van der Waals surface area contributed by atoms with E-state index in [1.54, 1.807) is 24.3 Å². The van der Waals surface area contributed by atoms with E-state index in [-0.39, 0.29) is 11.3 Å². The van der Waals surface area contributed by atoms with Crippen LogP contribution < -0.4 is 9.47 Å². The summed E-state index contributed by atoms with van der Waals surface area (Å²) in [5.41, 5.74) is 1.91. The quantitative estimate of drug-likeness (QED) is 0.669. The second-order valence-corrected chi connectivity index (χ2v) is 5.48. The van der Waals surface area contributed by atoms with Crippen LogP contribution in [0.2, 0.25) is 0 Å². The molecule has 0 N–H and O–H groups in total. The third kappa shape index (κ3) is 4.27. The van der Waals surface area contributed by atoms with Crippen LogP contribution in [0.5, 0.6) is 11.5 Å². The first-order valence-corrected chi connectivity index (χ1v) is 7.77. The lowest BCUT2D eigenvalue weighted by Gasteiger charge is -2.06. The minimum absolute atomic E-state index is 0.0686. The molecule has 3 heterocycles. The van der Waals surface area contributed by atoms with Crippen molar-refractivity contribution in [2.45, 2.75) is 13.8 Å². The molecule has 0 unspecified atom stereocenters. The molecular formula is C19H15N3O4. The van der Waals surface area contributed by atoms with E-state index in [9.17, 15) is 9.59 Å². The molecule has 0 aliphatic carbocycles. The first-order valence-electron chi connectivity index (χ1n) is 7.77. The number of hydrogen-bond acceptors (Lipinski definition) is 7. The second kappa shape index (κ2) is 7.52. The molecule has 7 nitrogen and oxygen atoms in total. The zero-order valence-electron chi connectivity index (χ0n) is 14.2. The molecule has 0 spiro atoms. The number of aromatic nitrogens is 3. The predicted molar refractivity (Wildman–Crippen MR) is 92.1 cm³/mol. The Labute approximate surface area is 149 Å². The summed E-state index contributed by atoms with van der Waals surface area (Å²) in [7, 11) is 0. The van der Waals surface area contributed by atoms with Crippen LogP contribution in [0, 0.1) is 13.8 Å². The van der Waals surface area contributed by atoms with Crippen molar-refractivity contribution in [1.29, 1.82) is 0 Å². The van der Waals surface area contributed by atoms with Crippen molar-refractivity contribution in [3.05, 3.63) is 77.6 Å². The van der Waals surface area contributed by atoms with Gasteiger partial charge in [0, 0.05) is 17.6 Å². The Hall–Kier alpha value is -3.61. The van der Waals surface area contributed by atoms with Crippen LogP contribution >= 0.6 is 0 Å². The Morgan fingerprint density at radius 1 is 0.692 bits per heavy atom. The molecule has 0 radical (unpaired) electrons. The summed E-state index contributed by atoms with van der Waals surface area (Å²) >= 11 is 0. The van der Waals surface area contributed by atoms with Crippen molar-refractivity contribution in [3.8, 4) is 11.5 Å². The molecule has 7 heteroatoms. The highest BCUT2D eigenvalue weighted by Crippen LogP contribution is 2.13. The predicted octanol–water partition coefficient (Wildman–Crippen LogP) is 2.93. The van der Waals surface area contributed by atoms with Crippen molar-refractivity contribution in [2.75, 3.05) is 0 Å². The number of carbonyl (C=O) groups excluding carboxylic acids is 2. The number of esters is 2. The Morgan fingerprint density at radius 2 is 1.27 bits per heavy atom. The minimum atomic E-state index is -0.640. The van der Waals surface area contributed by atoms with Gasteiger partial charge < -0.3 is 9.47 Å². The van der Waals surface area contributed by atoms with Gasteiger partial charge >= 0.3 is 11.9 Å². The van der Waals surface area contributed by atoms with Crippen molar-refractivity contribution >= 4 is 11.9 Å². The molecule has 0 aromatic carbocycles. The minimum Gasteiger partial charge on any atom is -0.421 e. The number of aryl methyl sites for hydroxylation is 2. The molecule has 3 rings (SSSR count). The highest BCUT2D eigenvalue weighted by molar-refractivity contribution is 5.93. The molecule has 0 aliphatic heterocycles. The van der Waals surface area contributed by atoms with E-state index in [0.29, 0.717) is 11.5 Å². The van der Waals surface area contributed by atoms with Crippen molar-refractivity contribution < 1.29 is 19.1 Å². The lowest BCUT2D eigenvalue weighted by atomic mass is 10.2. The standard InChI is InChI=1S/C19H15N3O4/c1-12-3-6-15(10-20-12)25-18(23)14-5-8-17(22-9-14)19(24)26-16-7-4-13(2)21-11-16/h3-11H,1-2H3. The van der Waals surface area contributed by atoms with Gasteiger partial charge in [0.2, 0.25) is 0 Å². The Kier molecular flexibility index (Phi) is 4.98. The van der Waals surface area contributed by atoms with Crippen molar-refractivity contribution in [1.82, 2.24) is 15.0 Å². The number of rotatable bonds is 4. The maximum atomic E-state index is 12.1. The largest absolute Gasteiger partial charge is 0.421 e. The third-order valence-electron chi connectivity index (χ3n) is 3.40. The van der Waals surface area contributed by atoms with Gasteiger partial charge in [-0.15, -0.1) is 0 Å². The zero-order valence-corrected chi connectivity index (χ0v) is 14.2. The van der Waals surface area contributed by atoms with Crippen LogP contribution in [-0.4, -0.2) is 26.9 Å². The maximum Gasteiger partial charge on any atom is 0.362 e. The van der Waals surface area contributed by atoms with Gasteiger partial charge in [0.15, 0.2) is 0 Å². The second-order valence-electron chi connectivity index (χ2n) is 5.48. The van der Waals surface area contributed by atoms with E-state index in [2.05, 4.69) is 15.0 Å². The highest BCUT2D eigenvalue weighted by atomic mass is 16.5. The van der Waals surface area contributed by atoms with Gasteiger partial charge in [0.05, 0.1) is 18.0 Å². The van der Waals surface area contributed by atoms with Crippen LogP contribution in [-0.2, 0) is 0 Å². The Morgan fingerprint density at radius 3 is 1.73 bits per heavy atom. The van der Waals surface area contributed by atoms with Gasteiger partial charge in [-0.1, -0.05) is 0 Å². The Bertz CT molecular complexity index is 842. The third-order valence-corrected chi connectivity index (χ3v) is 3.40. The maximum absolute atomic E-state index is 12.1. The molecule has 3 aromatic heterocycles. The summed E-state index contributed by atoms with van der Waals surface area (Å²) in [6, 6.07) is 9.60. The average molecular weight is 349 g/mol. The van der Waals surface area contributed by atoms with Crippen LogP contribution in [0.4, 0.5) is 0 Å². The smallest absolute Gasteiger partial charge is 0.362 e. The van der Waals surface area contributed by atoms with Crippen LogP contribution in [0.15, 0.2) is 55.0 Å². The fourth-order valence-corrected chi connectivity index (χ4v) is 1.99. The first kappa shape index (κ1) is 17.2. The van der Waals surface area contributed by atoms with E-state index in [1.165, 1.54) is 30.7 Å². The van der Waals surface area contributed by atoms with Gasteiger partial charge in [0.1, 0.15) is 17.2 Å². The molecule has 0 saturated heterocycles. The molecule has 26 heavy (non-hydrogen) atoms. The molecule has 0 amide bonds. The monoisotopic (exact) mass is 349 g/mol. The SMILES string of the molecule is Cc1ccc(OC(=O)c2ccc(C(=O)Oc3ccc(C)nc3)nc2)cn1. The summed E-state index contributed by atoms with van der Waals surface area (Å²) < 4.78 is 10.4. The van der Waals surface area contributed by atoms with Crippen LogP contribution in [0.1, 0.15) is 32.2 Å². The van der Waals surface area contributed by atoms with Gasteiger partial charge in [-0.3, -0.25) is 9.97 Å². The summed E-state index contributed by atoms with van der Waals surface area (Å²) in [4.78, 5) is 36.2. The normalized spacial score (nSPS) is 10.2. The highest BCUT2D eigenvalue weighted by Gasteiger charge is 2.14. The lowest BCUT2D eigenvalue weighted by Crippen LogP contribution is -2.13. The summed E-state index contributed by atoms with van der Waals surface area (Å²) in [5.74, 6) is -0.585. The summed E-state index contributed by atoms with van der Waals surface area (Å²) in [5, 5.41) is 0. The number of carbonyl (C=O) groups is 2. The van der Waals surface area contributed by atoms with Gasteiger partial charge in [-0.05, 0) is 50.2 Å². The summed E-state index contributed by atoms with van der Waals surface area (Å²) in [6.45, 7) is 3.66. The number of nitrogens with zero attached hydrogens (tertiary/aromatic N) is 3. The number of pyridine rings is 3. The van der Waals surface area contributed by atoms with E-state index in [1.807, 2.05) is 13.8 Å². The lowest BCUT2D eigenvalue weighted by molar-refractivity contribution is 0.0714. The fraction of sp³-hybridized carbons (Fsp3) is 0.105. The van der Waals surface area contributed by atoms with E-state index < -0.39 is 11.9 Å².